The van der Waals surface area contributed by atoms with Crippen molar-refractivity contribution in [3.63, 3.8) is 0 Å². The number of nitrogen functional groups attached to an aromatic ring is 1. The molecule has 0 radical (unpaired) electrons. The zero-order valence-electron chi connectivity index (χ0n) is 10.7. The molecule has 1 unspecified atom stereocenters. The fourth-order valence-electron chi connectivity index (χ4n) is 2.74. The molecule has 2 aromatic heterocycles. The van der Waals surface area contributed by atoms with Gasteiger partial charge in [0.15, 0.2) is 11.2 Å². The molecule has 3 rings (SSSR count). The fraction of sp³-hybridized carbons (Fsp3) is 0.417. The van der Waals surface area contributed by atoms with Crippen molar-refractivity contribution in [3.05, 3.63) is 28.8 Å². The molecule has 0 bridgehead atoms. The highest BCUT2D eigenvalue weighted by atomic mass is 16.3. The lowest BCUT2D eigenvalue weighted by Gasteiger charge is -2.15. The highest BCUT2D eigenvalue weighted by Crippen LogP contribution is 2.39. The number of aliphatic hydroxyl groups excluding tert-OH is 2. The van der Waals surface area contributed by atoms with Crippen molar-refractivity contribution in [3.8, 4) is 0 Å². The number of aromatic amines is 1. The minimum Gasteiger partial charge on any atom is -0.396 e. The molecule has 0 aliphatic heterocycles. The first-order chi connectivity index (χ1) is 9.52. The predicted octanol–water partition coefficient (Wildman–Crippen LogP) is -0.828. The lowest BCUT2D eigenvalue weighted by Crippen LogP contribution is -2.17. The third kappa shape index (κ3) is 1.73. The molecule has 2 heterocycles. The predicted molar refractivity (Wildman–Crippen MR) is 71.9 cm³/mol. The first kappa shape index (κ1) is 12.8. The number of hydrogen-bond donors (Lipinski definition) is 4. The summed E-state index contributed by atoms with van der Waals surface area (Å²) in [5.74, 6) is -0.371. The SMILES string of the molecule is C=C1[C@@H](CO)C(O)C[C@@H]1n1cnc2c(=O)[nH]c(N)nc21. The van der Waals surface area contributed by atoms with Crippen LogP contribution in [0.4, 0.5) is 5.95 Å². The van der Waals surface area contributed by atoms with Gasteiger partial charge in [-0.2, -0.15) is 4.98 Å². The molecule has 20 heavy (non-hydrogen) atoms. The van der Waals surface area contributed by atoms with E-state index in [2.05, 4.69) is 21.5 Å². The van der Waals surface area contributed by atoms with E-state index in [-0.39, 0.29) is 30.0 Å². The summed E-state index contributed by atoms with van der Waals surface area (Å²) in [6.45, 7) is 3.76. The minimum absolute atomic E-state index is 0.00659. The Morgan fingerprint density at radius 3 is 3.00 bits per heavy atom. The van der Waals surface area contributed by atoms with Crippen LogP contribution in [0.15, 0.2) is 23.3 Å². The highest BCUT2D eigenvalue weighted by Gasteiger charge is 2.37. The smallest absolute Gasteiger partial charge is 0.280 e. The monoisotopic (exact) mass is 277 g/mol. The van der Waals surface area contributed by atoms with E-state index in [4.69, 9.17) is 5.73 Å². The molecule has 1 aliphatic rings. The van der Waals surface area contributed by atoms with Gasteiger partial charge in [-0.05, 0) is 12.0 Å². The molecule has 0 amide bonds. The first-order valence-electron chi connectivity index (χ1n) is 6.23. The molecule has 8 nitrogen and oxygen atoms in total. The van der Waals surface area contributed by atoms with E-state index < -0.39 is 11.7 Å². The van der Waals surface area contributed by atoms with E-state index in [1.165, 1.54) is 6.33 Å². The second-order valence-electron chi connectivity index (χ2n) is 4.96. The normalized spacial score (nSPS) is 26.5. The Bertz CT molecular complexity index is 734. The number of nitrogens with two attached hydrogens (primary N) is 1. The van der Waals surface area contributed by atoms with E-state index in [1.807, 2.05) is 0 Å². The van der Waals surface area contributed by atoms with Crippen molar-refractivity contribution in [1.82, 2.24) is 19.5 Å². The molecule has 0 aromatic carbocycles. The Kier molecular flexibility index (Phi) is 2.84. The summed E-state index contributed by atoms with van der Waals surface area (Å²) in [6, 6.07) is -0.263. The molecule has 3 atom stereocenters. The number of nitrogens with zero attached hydrogens (tertiary/aromatic N) is 3. The Morgan fingerprint density at radius 2 is 2.35 bits per heavy atom. The van der Waals surface area contributed by atoms with Crippen LogP contribution in [-0.4, -0.2) is 42.4 Å². The van der Waals surface area contributed by atoms with E-state index in [0.717, 1.165) is 0 Å². The van der Waals surface area contributed by atoms with Crippen molar-refractivity contribution in [1.29, 1.82) is 0 Å². The van der Waals surface area contributed by atoms with Crippen LogP contribution < -0.4 is 11.3 Å². The summed E-state index contributed by atoms with van der Waals surface area (Å²) in [4.78, 5) is 22.2. The molecule has 0 spiro atoms. The van der Waals surface area contributed by atoms with E-state index >= 15 is 0 Å². The second kappa shape index (κ2) is 4.43. The molecule has 5 N–H and O–H groups in total. The van der Waals surface area contributed by atoms with E-state index in [1.54, 1.807) is 4.57 Å². The van der Waals surface area contributed by atoms with Crippen molar-refractivity contribution < 1.29 is 10.2 Å². The molecule has 1 fully saturated rings. The highest BCUT2D eigenvalue weighted by molar-refractivity contribution is 5.70. The zero-order valence-corrected chi connectivity index (χ0v) is 10.7. The third-order valence-corrected chi connectivity index (χ3v) is 3.82. The molecule has 106 valence electrons. The Labute approximate surface area is 113 Å². The van der Waals surface area contributed by atoms with Gasteiger partial charge in [0, 0.05) is 5.92 Å². The lowest BCUT2D eigenvalue weighted by atomic mass is 10.0. The number of H-pyrrole nitrogens is 1. The number of aromatic nitrogens is 4. The first-order valence-corrected chi connectivity index (χ1v) is 6.23. The summed E-state index contributed by atoms with van der Waals surface area (Å²) in [7, 11) is 0. The average Bonchev–Trinajstić information content (AvgIpc) is 2.91. The number of rotatable bonds is 2. The molecular formula is C12H15N5O3. The third-order valence-electron chi connectivity index (χ3n) is 3.82. The van der Waals surface area contributed by atoms with Gasteiger partial charge in [-0.15, -0.1) is 0 Å². The van der Waals surface area contributed by atoms with Crippen LogP contribution >= 0.6 is 0 Å². The largest absolute Gasteiger partial charge is 0.396 e. The zero-order chi connectivity index (χ0) is 14.4. The topological polar surface area (TPSA) is 130 Å². The Morgan fingerprint density at radius 1 is 1.60 bits per heavy atom. The molecule has 1 aliphatic carbocycles. The number of nitrogens with one attached hydrogen (secondary N) is 1. The van der Waals surface area contributed by atoms with Gasteiger partial charge in [-0.3, -0.25) is 9.78 Å². The molecule has 1 saturated carbocycles. The van der Waals surface area contributed by atoms with Gasteiger partial charge in [0.1, 0.15) is 0 Å². The van der Waals surface area contributed by atoms with Crippen molar-refractivity contribution in [2.24, 2.45) is 5.92 Å². The van der Waals surface area contributed by atoms with E-state index in [0.29, 0.717) is 17.6 Å². The quantitative estimate of drug-likeness (QED) is 0.530. The number of aliphatic hydroxyl groups is 2. The molecule has 8 heteroatoms. The van der Waals surface area contributed by atoms with Crippen LogP contribution in [0.5, 0.6) is 0 Å². The van der Waals surface area contributed by atoms with Crippen LogP contribution in [0.3, 0.4) is 0 Å². The maximum atomic E-state index is 11.7. The van der Waals surface area contributed by atoms with Gasteiger partial charge in [0.2, 0.25) is 5.95 Å². The van der Waals surface area contributed by atoms with Gasteiger partial charge >= 0.3 is 0 Å². The maximum Gasteiger partial charge on any atom is 0.280 e. The summed E-state index contributed by atoms with van der Waals surface area (Å²) >= 11 is 0. The van der Waals surface area contributed by atoms with Gasteiger partial charge in [0.25, 0.3) is 5.56 Å². The van der Waals surface area contributed by atoms with Crippen LogP contribution in [0.1, 0.15) is 12.5 Å². The van der Waals surface area contributed by atoms with Crippen LogP contribution in [0.2, 0.25) is 0 Å². The standard InChI is InChI=1S/C12H15N5O3/c1-5-6(3-18)8(19)2-7(5)17-4-14-9-10(17)15-12(13)16-11(9)20/h4,6-8,18-19H,1-3H2,(H3,13,15,16,20)/t6-,7+,8?/m1/s1. The lowest BCUT2D eigenvalue weighted by molar-refractivity contribution is 0.101. The number of imidazole rings is 1. The van der Waals surface area contributed by atoms with Gasteiger partial charge in [0.05, 0.1) is 25.1 Å². The maximum absolute atomic E-state index is 11.7. The number of fused-ring (bicyclic) bond motifs is 1. The summed E-state index contributed by atoms with van der Waals surface area (Å²) in [5.41, 5.74) is 6.37. The van der Waals surface area contributed by atoms with Crippen LogP contribution in [0, 0.1) is 5.92 Å². The van der Waals surface area contributed by atoms with Gasteiger partial charge in [-0.25, -0.2) is 4.98 Å². The number of hydrogen-bond acceptors (Lipinski definition) is 6. The second-order valence-corrected chi connectivity index (χ2v) is 4.96. The van der Waals surface area contributed by atoms with Crippen LogP contribution in [0.25, 0.3) is 11.2 Å². The number of anilines is 1. The Balaban J connectivity index is 2.12. The molecule has 0 saturated heterocycles. The average molecular weight is 277 g/mol. The van der Waals surface area contributed by atoms with Crippen LogP contribution in [-0.2, 0) is 0 Å². The van der Waals surface area contributed by atoms with E-state index in [9.17, 15) is 15.0 Å². The molecular weight excluding hydrogens is 262 g/mol. The van der Waals surface area contributed by atoms with Gasteiger partial charge in [-0.1, -0.05) is 6.58 Å². The van der Waals surface area contributed by atoms with Crippen molar-refractivity contribution in [2.75, 3.05) is 12.3 Å². The Hall–Kier alpha value is -2.19. The van der Waals surface area contributed by atoms with Crippen molar-refractivity contribution in [2.45, 2.75) is 18.6 Å². The minimum atomic E-state index is -0.672. The summed E-state index contributed by atoms with van der Waals surface area (Å²) in [5, 5.41) is 19.2. The van der Waals surface area contributed by atoms with Crippen molar-refractivity contribution >= 4 is 17.1 Å². The molecule has 2 aromatic rings. The fourth-order valence-corrected chi connectivity index (χ4v) is 2.74. The summed E-state index contributed by atoms with van der Waals surface area (Å²) in [6.07, 6.45) is 1.20. The van der Waals surface area contributed by atoms with Gasteiger partial charge < -0.3 is 20.5 Å². The summed E-state index contributed by atoms with van der Waals surface area (Å²) < 4.78 is 1.67.